The molecule has 49 valence electrons. The average Bonchev–Trinajstić information content (AvgIpc) is 2.18. The van der Waals surface area contributed by atoms with Crippen LogP contribution >= 0.6 is 0 Å². The summed E-state index contributed by atoms with van der Waals surface area (Å²) in [5, 5.41) is 15.0. The van der Waals surface area contributed by atoms with E-state index in [0.29, 0.717) is 6.42 Å². The van der Waals surface area contributed by atoms with E-state index < -0.39 is 0 Å². The molecule has 0 spiro atoms. The lowest BCUT2D eigenvalue weighted by Crippen LogP contribution is -1.92. The molecule has 1 aromatic rings. The van der Waals surface area contributed by atoms with Crippen molar-refractivity contribution in [3.63, 3.8) is 0 Å². The molecular weight excluding hydrogens is 116 g/mol. The molecule has 0 unspecified atom stereocenters. The fourth-order valence-corrected chi connectivity index (χ4v) is 0.666. The standard InChI is InChI=1S/C6H9N2O/c1-5-4-7-8-6(5)2-3-9/h4,9H,1-3H2,(H,7,8). The van der Waals surface area contributed by atoms with Gasteiger partial charge in [0.2, 0.25) is 0 Å². The van der Waals surface area contributed by atoms with Gasteiger partial charge in [-0.25, -0.2) is 0 Å². The zero-order chi connectivity index (χ0) is 6.69. The van der Waals surface area contributed by atoms with E-state index in [-0.39, 0.29) is 6.61 Å². The summed E-state index contributed by atoms with van der Waals surface area (Å²) >= 11 is 0. The van der Waals surface area contributed by atoms with Crippen LogP contribution in [0.3, 0.4) is 0 Å². The Labute approximate surface area is 53.7 Å². The normalized spacial score (nSPS) is 10.0. The van der Waals surface area contributed by atoms with Crippen LogP contribution in [0.15, 0.2) is 6.20 Å². The Morgan fingerprint density at radius 3 is 3.00 bits per heavy atom. The van der Waals surface area contributed by atoms with E-state index in [2.05, 4.69) is 17.1 Å². The van der Waals surface area contributed by atoms with Crippen molar-refractivity contribution in [2.75, 3.05) is 6.61 Å². The van der Waals surface area contributed by atoms with Gasteiger partial charge in [0.15, 0.2) is 0 Å². The molecule has 0 saturated carbocycles. The molecule has 0 amide bonds. The SMILES string of the molecule is [CH2]c1c[nH]nc1CCO. The molecular formula is C6H9N2O. The molecule has 0 bridgehead atoms. The Morgan fingerprint density at radius 1 is 1.78 bits per heavy atom. The van der Waals surface area contributed by atoms with Crippen molar-refractivity contribution in [1.82, 2.24) is 10.2 Å². The van der Waals surface area contributed by atoms with Gasteiger partial charge in [0.1, 0.15) is 0 Å². The zero-order valence-corrected chi connectivity index (χ0v) is 5.09. The first-order chi connectivity index (χ1) is 4.34. The highest BCUT2D eigenvalue weighted by Gasteiger charge is 1.97. The third kappa shape index (κ3) is 1.29. The van der Waals surface area contributed by atoms with E-state index in [9.17, 15) is 0 Å². The van der Waals surface area contributed by atoms with E-state index in [0.717, 1.165) is 11.3 Å². The molecule has 3 nitrogen and oxygen atoms in total. The minimum Gasteiger partial charge on any atom is -0.396 e. The van der Waals surface area contributed by atoms with Crippen LogP contribution in [-0.4, -0.2) is 21.9 Å². The largest absolute Gasteiger partial charge is 0.396 e. The predicted molar refractivity (Wildman–Crippen MR) is 33.8 cm³/mol. The Morgan fingerprint density at radius 2 is 2.56 bits per heavy atom. The molecule has 1 radical (unpaired) electrons. The molecule has 0 saturated heterocycles. The van der Waals surface area contributed by atoms with Gasteiger partial charge in [-0.3, -0.25) is 5.10 Å². The van der Waals surface area contributed by atoms with Crippen molar-refractivity contribution in [2.24, 2.45) is 0 Å². The highest BCUT2D eigenvalue weighted by atomic mass is 16.3. The minimum atomic E-state index is 0.132. The Balaban J connectivity index is 2.69. The average molecular weight is 125 g/mol. The summed E-state index contributed by atoms with van der Waals surface area (Å²) in [5.74, 6) is 0. The van der Waals surface area contributed by atoms with Gasteiger partial charge < -0.3 is 5.11 Å². The van der Waals surface area contributed by atoms with E-state index in [4.69, 9.17) is 5.11 Å². The second kappa shape index (κ2) is 2.64. The van der Waals surface area contributed by atoms with Crippen LogP contribution in [0.2, 0.25) is 0 Å². The summed E-state index contributed by atoms with van der Waals surface area (Å²) in [6, 6.07) is 0. The maximum Gasteiger partial charge on any atom is 0.0676 e. The van der Waals surface area contributed by atoms with E-state index >= 15 is 0 Å². The quantitative estimate of drug-likeness (QED) is 0.590. The molecule has 1 heterocycles. The number of nitrogens with zero attached hydrogens (tertiary/aromatic N) is 1. The summed E-state index contributed by atoms with van der Waals surface area (Å²) in [6.45, 7) is 3.83. The lowest BCUT2D eigenvalue weighted by molar-refractivity contribution is 0.298. The summed E-state index contributed by atoms with van der Waals surface area (Å²) in [5.41, 5.74) is 1.71. The van der Waals surface area contributed by atoms with Crippen LogP contribution in [0.25, 0.3) is 0 Å². The van der Waals surface area contributed by atoms with Crippen LogP contribution < -0.4 is 0 Å². The van der Waals surface area contributed by atoms with Crippen LogP contribution in [0.4, 0.5) is 0 Å². The molecule has 3 heteroatoms. The minimum absolute atomic E-state index is 0.132. The molecule has 0 atom stereocenters. The van der Waals surface area contributed by atoms with Crippen LogP contribution in [0, 0.1) is 6.92 Å². The first-order valence-corrected chi connectivity index (χ1v) is 2.80. The van der Waals surface area contributed by atoms with E-state index in [1.807, 2.05) is 0 Å². The van der Waals surface area contributed by atoms with Gasteiger partial charge in [0, 0.05) is 19.2 Å². The zero-order valence-electron chi connectivity index (χ0n) is 5.09. The summed E-state index contributed by atoms with van der Waals surface area (Å²) < 4.78 is 0. The molecule has 0 aliphatic rings. The Bertz CT molecular complexity index is 183. The number of aromatic nitrogens is 2. The van der Waals surface area contributed by atoms with Crippen LogP contribution in [0.1, 0.15) is 11.3 Å². The van der Waals surface area contributed by atoms with Crippen molar-refractivity contribution < 1.29 is 5.11 Å². The molecule has 1 aromatic heterocycles. The van der Waals surface area contributed by atoms with Gasteiger partial charge in [-0.15, -0.1) is 0 Å². The molecule has 0 aliphatic carbocycles. The van der Waals surface area contributed by atoms with Crippen LogP contribution in [-0.2, 0) is 6.42 Å². The van der Waals surface area contributed by atoms with Crippen molar-refractivity contribution >= 4 is 0 Å². The summed E-state index contributed by atoms with van der Waals surface area (Å²) in [6.07, 6.45) is 2.30. The van der Waals surface area contributed by atoms with Crippen molar-refractivity contribution in [3.05, 3.63) is 24.4 Å². The fraction of sp³-hybridized carbons (Fsp3) is 0.333. The number of rotatable bonds is 2. The van der Waals surface area contributed by atoms with Gasteiger partial charge >= 0.3 is 0 Å². The molecule has 2 N–H and O–H groups in total. The van der Waals surface area contributed by atoms with Gasteiger partial charge in [-0.1, -0.05) is 0 Å². The predicted octanol–water partition coefficient (Wildman–Crippen LogP) is 0.127. The van der Waals surface area contributed by atoms with Crippen molar-refractivity contribution in [1.29, 1.82) is 0 Å². The Kier molecular flexibility index (Phi) is 1.85. The lowest BCUT2D eigenvalue weighted by atomic mass is 10.2. The second-order valence-electron chi connectivity index (χ2n) is 1.83. The lowest BCUT2D eigenvalue weighted by Gasteiger charge is -1.89. The topological polar surface area (TPSA) is 48.9 Å². The fourth-order valence-electron chi connectivity index (χ4n) is 0.666. The van der Waals surface area contributed by atoms with Gasteiger partial charge in [-0.05, 0) is 12.5 Å². The van der Waals surface area contributed by atoms with Crippen molar-refractivity contribution in [2.45, 2.75) is 6.42 Å². The number of hydrogen-bond acceptors (Lipinski definition) is 2. The van der Waals surface area contributed by atoms with E-state index in [1.165, 1.54) is 0 Å². The number of hydrogen-bond donors (Lipinski definition) is 2. The van der Waals surface area contributed by atoms with Gasteiger partial charge in [-0.2, -0.15) is 5.10 Å². The van der Waals surface area contributed by atoms with Crippen LogP contribution in [0.5, 0.6) is 0 Å². The highest BCUT2D eigenvalue weighted by Crippen LogP contribution is 2.00. The maximum atomic E-state index is 8.48. The smallest absolute Gasteiger partial charge is 0.0676 e. The third-order valence-corrected chi connectivity index (χ3v) is 1.16. The van der Waals surface area contributed by atoms with E-state index in [1.54, 1.807) is 6.20 Å². The molecule has 0 aliphatic heterocycles. The first-order valence-electron chi connectivity index (χ1n) is 2.80. The summed E-state index contributed by atoms with van der Waals surface area (Å²) in [7, 11) is 0. The molecule has 1 rings (SSSR count). The molecule has 0 fully saturated rings. The van der Waals surface area contributed by atoms with Gasteiger partial charge in [0.25, 0.3) is 0 Å². The van der Waals surface area contributed by atoms with Gasteiger partial charge in [0.05, 0.1) is 5.69 Å². The number of nitrogens with one attached hydrogen (secondary N) is 1. The Hall–Kier alpha value is -0.830. The molecule has 9 heavy (non-hydrogen) atoms. The number of H-pyrrole nitrogens is 1. The number of aromatic amines is 1. The maximum absolute atomic E-state index is 8.48. The van der Waals surface area contributed by atoms with Crippen molar-refractivity contribution in [3.8, 4) is 0 Å². The third-order valence-electron chi connectivity index (χ3n) is 1.16. The first kappa shape index (κ1) is 6.29. The highest BCUT2D eigenvalue weighted by molar-refractivity contribution is 5.18. The second-order valence-corrected chi connectivity index (χ2v) is 1.83. The monoisotopic (exact) mass is 125 g/mol. The number of aliphatic hydroxyl groups excluding tert-OH is 1. The summed E-state index contributed by atoms with van der Waals surface area (Å²) in [4.78, 5) is 0. The molecule has 0 aromatic carbocycles. The number of aliphatic hydroxyl groups is 1.